The first-order valence-corrected chi connectivity index (χ1v) is 11.8. The second kappa shape index (κ2) is 10.0. The van der Waals surface area contributed by atoms with Crippen LogP contribution >= 0.6 is 15.9 Å². The van der Waals surface area contributed by atoms with E-state index < -0.39 is 5.60 Å². The Hall–Kier alpha value is -2.73. The molecule has 0 bridgehead atoms. The summed E-state index contributed by atoms with van der Waals surface area (Å²) in [6, 6.07) is 28.2. The molecule has 4 rings (SSSR count). The summed E-state index contributed by atoms with van der Waals surface area (Å²) in [5.74, 6) is 0.134. The van der Waals surface area contributed by atoms with Crippen molar-refractivity contribution in [1.82, 2.24) is 9.88 Å². The van der Waals surface area contributed by atoms with Gasteiger partial charge in [0.2, 0.25) is 5.88 Å². The highest BCUT2D eigenvalue weighted by Gasteiger charge is 2.42. The zero-order valence-corrected chi connectivity index (χ0v) is 20.8. The van der Waals surface area contributed by atoms with Crippen molar-refractivity contribution in [3.8, 4) is 5.88 Å². The fourth-order valence-corrected chi connectivity index (χ4v) is 4.94. The molecule has 2 atom stereocenters. The van der Waals surface area contributed by atoms with Crippen LogP contribution in [0.3, 0.4) is 0 Å². The van der Waals surface area contributed by atoms with E-state index in [4.69, 9.17) is 9.72 Å². The monoisotopic (exact) mass is 504 g/mol. The van der Waals surface area contributed by atoms with Gasteiger partial charge < -0.3 is 14.7 Å². The molecule has 33 heavy (non-hydrogen) atoms. The van der Waals surface area contributed by atoms with Gasteiger partial charge in [0.1, 0.15) is 5.60 Å². The van der Waals surface area contributed by atoms with Gasteiger partial charge in [-0.1, -0.05) is 72.8 Å². The quantitative estimate of drug-likeness (QED) is 0.320. The fourth-order valence-electron chi connectivity index (χ4n) is 4.47. The van der Waals surface area contributed by atoms with Gasteiger partial charge in [0, 0.05) is 27.9 Å². The number of hydrogen-bond acceptors (Lipinski definition) is 4. The lowest BCUT2D eigenvalue weighted by Crippen LogP contribution is -2.37. The van der Waals surface area contributed by atoms with Crippen molar-refractivity contribution < 1.29 is 9.84 Å². The van der Waals surface area contributed by atoms with Crippen LogP contribution in [-0.4, -0.2) is 42.7 Å². The van der Waals surface area contributed by atoms with Crippen molar-refractivity contribution in [1.29, 1.82) is 0 Å². The third-order valence-corrected chi connectivity index (χ3v) is 6.76. The molecular weight excluding hydrogens is 476 g/mol. The number of ether oxygens (including phenoxy) is 1. The first-order chi connectivity index (χ1) is 15.9. The number of benzene rings is 3. The van der Waals surface area contributed by atoms with Gasteiger partial charge in [-0.25, -0.2) is 4.98 Å². The summed E-state index contributed by atoms with van der Waals surface area (Å²) in [6.45, 7) is 0.726. The highest BCUT2D eigenvalue weighted by Crippen LogP contribution is 2.47. The molecule has 0 amide bonds. The minimum atomic E-state index is -1.18. The molecule has 5 heteroatoms. The predicted octanol–water partition coefficient (Wildman–Crippen LogP) is 5.98. The topological polar surface area (TPSA) is 45.6 Å². The van der Waals surface area contributed by atoms with E-state index in [9.17, 15) is 5.11 Å². The highest BCUT2D eigenvalue weighted by atomic mass is 79.9. The minimum absolute atomic E-state index is 0.383. The van der Waals surface area contributed by atoms with Gasteiger partial charge in [-0.2, -0.15) is 0 Å². The van der Waals surface area contributed by atoms with E-state index in [1.165, 1.54) is 0 Å². The summed E-state index contributed by atoms with van der Waals surface area (Å²) in [7, 11) is 5.69. The predicted molar refractivity (Wildman–Crippen MR) is 138 cm³/mol. The van der Waals surface area contributed by atoms with Gasteiger partial charge in [-0.05, 0) is 59.7 Å². The lowest BCUT2D eigenvalue weighted by molar-refractivity contribution is 0.00380. The van der Waals surface area contributed by atoms with Crippen molar-refractivity contribution in [3.63, 3.8) is 0 Å². The summed E-state index contributed by atoms with van der Waals surface area (Å²) in [5, 5.41) is 13.5. The molecule has 0 saturated heterocycles. The maximum absolute atomic E-state index is 12.5. The number of nitrogens with zero attached hydrogens (tertiary/aromatic N) is 2. The van der Waals surface area contributed by atoms with Crippen molar-refractivity contribution in [2.75, 3.05) is 27.7 Å². The van der Waals surface area contributed by atoms with Gasteiger partial charge in [0.25, 0.3) is 0 Å². The molecule has 1 N–H and O–H groups in total. The summed E-state index contributed by atoms with van der Waals surface area (Å²) in [4.78, 5) is 6.95. The van der Waals surface area contributed by atoms with E-state index in [0.29, 0.717) is 12.3 Å². The smallest absolute Gasteiger partial charge is 0.217 e. The molecular formula is C28H29BrN2O2. The standard InChI is InChI=1S/C28H29BrN2O2/c1-31(2)18-17-28(32,22-14-8-5-9-15-22)25(20-11-6-4-7-12-20)23-19-21-13-10-16-24(29)26(21)30-27(23)33-3/h4-16,19,25,32H,17-18H2,1-3H3. The van der Waals surface area contributed by atoms with Crippen LogP contribution in [-0.2, 0) is 5.60 Å². The number of para-hydroxylation sites is 1. The van der Waals surface area contributed by atoms with E-state index in [1.807, 2.05) is 80.8 Å². The molecule has 2 unspecified atom stereocenters. The van der Waals surface area contributed by atoms with Crippen LogP contribution in [0, 0.1) is 0 Å². The molecule has 1 aromatic heterocycles. The first-order valence-electron chi connectivity index (χ1n) is 11.0. The third kappa shape index (κ3) is 4.81. The second-order valence-corrected chi connectivity index (χ2v) is 9.44. The number of fused-ring (bicyclic) bond motifs is 1. The van der Waals surface area contributed by atoms with Crippen LogP contribution in [0.2, 0.25) is 0 Å². The Bertz CT molecular complexity index is 1210. The Morgan fingerprint density at radius 3 is 2.27 bits per heavy atom. The maximum Gasteiger partial charge on any atom is 0.217 e. The Labute approximate surface area is 204 Å². The SMILES string of the molecule is COc1nc2c(Br)cccc2cc1C(c1ccccc1)C(O)(CCN(C)C)c1ccccc1. The second-order valence-electron chi connectivity index (χ2n) is 8.59. The molecule has 0 spiro atoms. The molecule has 0 aliphatic heterocycles. The highest BCUT2D eigenvalue weighted by molar-refractivity contribution is 9.10. The van der Waals surface area contributed by atoms with Crippen LogP contribution in [0.4, 0.5) is 0 Å². The molecule has 170 valence electrons. The van der Waals surface area contributed by atoms with E-state index in [0.717, 1.165) is 38.6 Å². The van der Waals surface area contributed by atoms with Crippen LogP contribution in [0.5, 0.6) is 5.88 Å². The van der Waals surface area contributed by atoms with Crippen molar-refractivity contribution in [2.24, 2.45) is 0 Å². The van der Waals surface area contributed by atoms with E-state index in [1.54, 1.807) is 7.11 Å². The number of methoxy groups -OCH3 is 1. The van der Waals surface area contributed by atoms with Crippen LogP contribution in [0.25, 0.3) is 10.9 Å². The Morgan fingerprint density at radius 1 is 0.970 bits per heavy atom. The summed E-state index contributed by atoms with van der Waals surface area (Å²) in [5.41, 5.74) is 2.40. The zero-order chi connectivity index (χ0) is 23.4. The first kappa shape index (κ1) is 23.4. The van der Waals surface area contributed by atoms with Crippen molar-refractivity contribution in [3.05, 3.63) is 106 Å². The summed E-state index contributed by atoms with van der Waals surface area (Å²) < 4.78 is 6.72. The van der Waals surface area contributed by atoms with Crippen LogP contribution in [0.15, 0.2) is 89.4 Å². The van der Waals surface area contributed by atoms with Crippen LogP contribution < -0.4 is 4.74 Å². The molecule has 0 aliphatic carbocycles. The average Bonchev–Trinajstić information content (AvgIpc) is 2.84. The molecule has 0 aliphatic rings. The lowest BCUT2D eigenvalue weighted by atomic mass is 9.71. The van der Waals surface area contributed by atoms with Crippen molar-refractivity contribution >= 4 is 26.8 Å². The van der Waals surface area contributed by atoms with Gasteiger partial charge in [-0.15, -0.1) is 0 Å². The zero-order valence-electron chi connectivity index (χ0n) is 19.2. The average molecular weight is 505 g/mol. The summed E-state index contributed by atoms with van der Waals surface area (Å²) >= 11 is 3.61. The molecule has 0 fully saturated rings. The Balaban J connectivity index is 2.01. The number of aromatic nitrogens is 1. The molecule has 4 nitrogen and oxygen atoms in total. The van der Waals surface area contributed by atoms with E-state index in [-0.39, 0.29) is 5.92 Å². The van der Waals surface area contributed by atoms with E-state index in [2.05, 4.69) is 39.0 Å². The van der Waals surface area contributed by atoms with Crippen LogP contribution in [0.1, 0.15) is 29.0 Å². The van der Waals surface area contributed by atoms with Gasteiger partial charge in [0.15, 0.2) is 0 Å². The third-order valence-electron chi connectivity index (χ3n) is 6.12. The van der Waals surface area contributed by atoms with Gasteiger partial charge in [-0.3, -0.25) is 0 Å². The molecule has 4 aromatic rings. The number of hydrogen-bond donors (Lipinski definition) is 1. The molecule has 1 heterocycles. The minimum Gasteiger partial charge on any atom is -0.481 e. The fraction of sp³-hybridized carbons (Fsp3) is 0.250. The maximum atomic E-state index is 12.5. The lowest BCUT2D eigenvalue weighted by Gasteiger charge is -2.39. The largest absolute Gasteiger partial charge is 0.481 e. The molecule has 0 saturated carbocycles. The van der Waals surface area contributed by atoms with Gasteiger partial charge in [0.05, 0.1) is 12.6 Å². The molecule has 3 aromatic carbocycles. The number of pyridine rings is 1. The Kier molecular flexibility index (Phi) is 7.13. The summed E-state index contributed by atoms with van der Waals surface area (Å²) in [6.07, 6.45) is 0.545. The van der Waals surface area contributed by atoms with E-state index >= 15 is 0 Å². The van der Waals surface area contributed by atoms with Crippen molar-refractivity contribution in [2.45, 2.75) is 17.9 Å². The number of halogens is 1. The molecule has 0 radical (unpaired) electrons. The Morgan fingerprint density at radius 2 is 1.64 bits per heavy atom. The van der Waals surface area contributed by atoms with Gasteiger partial charge >= 0.3 is 0 Å². The normalized spacial score (nSPS) is 14.2. The number of aliphatic hydroxyl groups is 1. The number of rotatable bonds is 8.